The second kappa shape index (κ2) is 12.1. The number of halogens is 3. The Bertz CT molecular complexity index is 933. The van der Waals surface area contributed by atoms with Crippen LogP contribution in [0.2, 0.25) is 15.1 Å². The summed E-state index contributed by atoms with van der Waals surface area (Å²) in [5, 5.41) is 11.3. The van der Waals surface area contributed by atoms with Crippen molar-refractivity contribution >= 4 is 63.7 Å². The highest BCUT2D eigenvalue weighted by Gasteiger charge is 2.21. The van der Waals surface area contributed by atoms with E-state index in [1.54, 1.807) is 19.1 Å². The molecule has 1 aliphatic rings. The zero-order valence-corrected chi connectivity index (χ0v) is 20.9. The molecule has 2 aromatic rings. The van der Waals surface area contributed by atoms with Gasteiger partial charge in [0.2, 0.25) is 5.91 Å². The van der Waals surface area contributed by atoms with Crippen LogP contribution in [0.25, 0.3) is 0 Å². The number of rotatable bonds is 7. The van der Waals surface area contributed by atoms with E-state index < -0.39 is 6.04 Å². The van der Waals surface area contributed by atoms with Crippen molar-refractivity contribution < 1.29 is 4.79 Å². The molecule has 0 aliphatic carbocycles. The summed E-state index contributed by atoms with van der Waals surface area (Å²) in [7, 11) is 0. The minimum absolute atomic E-state index is 0.0662. The molecule has 172 valence electrons. The van der Waals surface area contributed by atoms with Gasteiger partial charge in [0.05, 0.1) is 10.0 Å². The van der Waals surface area contributed by atoms with Crippen molar-refractivity contribution in [2.75, 3.05) is 25.0 Å². The molecule has 0 radical (unpaired) electrons. The average molecular weight is 514 g/mol. The average Bonchev–Trinajstić information content (AvgIpc) is 2.77. The van der Waals surface area contributed by atoms with Gasteiger partial charge in [-0.1, -0.05) is 40.9 Å². The number of likely N-dealkylation sites (tertiary alicyclic amines) is 1. The SMILES string of the molecule is C[C@H](NC(=S)Nc1ccc(Cl)cc1)C(=O)NCC1CCN(Cc2ccc(Cl)c(Cl)c2)CC1. The molecule has 32 heavy (non-hydrogen) atoms. The first-order valence-electron chi connectivity index (χ1n) is 10.6. The van der Waals surface area contributed by atoms with Crippen LogP contribution in [0.3, 0.4) is 0 Å². The van der Waals surface area contributed by atoms with E-state index in [2.05, 4.69) is 20.9 Å². The van der Waals surface area contributed by atoms with E-state index in [9.17, 15) is 4.79 Å². The van der Waals surface area contributed by atoms with Crippen molar-refractivity contribution in [2.24, 2.45) is 5.92 Å². The molecule has 5 nitrogen and oxygen atoms in total. The molecule has 2 aromatic carbocycles. The third-order valence-electron chi connectivity index (χ3n) is 5.51. The van der Waals surface area contributed by atoms with Gasteiger partial charge in [0.25, 0.3) is 0 Å². The summed E-state index contributed by atoms with van der Waals surface area (Å²) >= 11 is 23.3. The molecular formula is C23H27Cl3N4OS. The van der Waals surface area contributed by atoms with Gasteiger partial charge in [0.15, 0.2) is 5.11 Å². The summed E-state index contributed by atoms with van der Waals surface area (Å²) in [6, 6.07) is 12.6. The number of thiocarbonyl (C=S) groups is 1. The highest BCUT2D eigenvalue weighted by atomic mass is 35.5. The van der Waals surface area contributed by atoms with Gasteiger partial charge in [-0.05, 0) is 93.0 Å². The minimum atomic E-state index is -0.433. The summed E-state index contributed by atoms with van der Waals surface area (Å²) in [6.45, 7) is 5.30. The molecule has 1 saturated heterocycles. The van der Waals surface area contributed by atoms with Crippen LogP contribution in [-0.4, -0.2) is 41.6 Å². The van der Waals surface area contributed by atoms with Crippen LogP contribution in [0.5, 0.6) is 0 Å². The quantitative estimate of drug-likeness (QED) is 0.436. The second-order valence-electron chi connectivity index (χ2n) is 8.04. The predicted molar refractivity (Wildman–Crippen MR) is 138 cm³/mol. The Morgan fingerprint density at radius 1 is 1.09 bits per heavy atom. The molecule has 0 unspecified atom stereocenters. The lowest BCUT2D eigenvalue weighted by atomic mass is 9.96. The number of piperidine rings is 1. The Balaban J connectivity index is 1.35. The van der Waals surface area contributed by atoms with Gasteiger partial charge in [0, 0.05) is 23.8 Å². The summed E-state index contributed by atoms with van der Waals surface area (Å²) in [4.78, 5) is 14.9. The largest absolute Gasteiger partial charge is 0.354 e. The molecule has 0 spiro atoms. The number of carbonyl (C=O) groups excluding carboxylic acids is 1. The maximum absolute atomic E-state index is 12.5. The maximum atomic E-state index is 12.5. The van der Waals surface area contributed by atoms with Gasteiger partial charge in [-0.25, -0.2) is 0 Å². The number of hydrogen-bond acceptors (Lipinski definition) is 3. The monoisotopic (exact) mass is 512 g/mol. The van der Waals surface area contributed by atoms with Crippen molar-refractivity contribution in [2.45, 2.75) is 32.4 Å². The van der Waals surface area contributed by atoms with Crippen LogP contribution in [-0.2, 0) is 11.3 Å². The second-order valence-corrected chi connectivity index (χ2v) is 9.70. The number of anilines is 1. The van der Waals surface area contributed by atoms with Crippen molar-refractivity contribution in [3.8, 4) is 0 Å². The first-order chi connectivity index (χ1) is 15.3. The third kappa shape index (κ3) is 7.78. The van der Waals surface area contributed by atoms with Crippen LogP contribution in [0, 0.1) is 5.92 Å². The van der Waals surface area contributed by atoms with Crippen molar-refractivity contribution in [3.05, 3.63) is 63.1 Å². The zero-order valence-electron chi connectivity index (χ0n) is 17.8. The lowest BCUT2D eigenvalue weighted by molar-refractivity contribution is -0.122. The predicted octanol–water partition coefficient (Wildman–Crippen LogP) is 5.35. The summed E-state index contributed by atoms with van der Waals surface area (Å²) in [5.74, 6) is 0.402. The molecule has 3 N–H and O–H groups in total. The summed E-state index contributed by atoms with van der Waals surface area (Å²) in [5.41, 5.74) is 1.97. The van der Waals surface area contributed by atoms with Gasteiger partial charge >= 0.3 is 0 Å². The lowest BCUT2D eigenvalue weighted by Gasteiger charge is -2.32. The highest BCUT2D eigenvalue weighted by Crippen LogP contribution is 2.24. The van der Waals surface area contributed by atoms with E-state index in [1.807, 2.05) is 30.3 Å². The van der Waals surface area contributed by atoms with Gasteiger partial charge in [0.1, 0.15) is 6.04 Å². The number of nitrogens with zero attached hydrogens (tertiary/aromatic N) is 1. The Morgan fingerprint density at radius 2 is 1.78 bits per heavy atom. The number of amides is 1. The number of benzene rings is 2. The Morgan fingerprint density at radius 3 is 2.44 bits per heavy atom. The molecule has 1 amide bonds. The highest BCUT2D eigenvalue weighted by molar-refractivity contribution is 7.80. The normalized spacial score (nSPS) is 15.8. The van der Waals surface area contributed by atoms with E-state index in [1.165, 1.54) is 0 Å². The van der Waals surface area contributed by atoms with E-state index >= 15 is 0 Å². The smallest absolute Gasteiger partial charge is 0.242 e. The van der Waals surface area contributed by atoms with Crippen molar-refractivity contribution in [3.63, 3.8) is 0 Å². The van der Waals surface area contributed by atoms with E-state index in [0.29, 0.717) is 32.6 Å². The van der Waals surface area contributed by atoms with Gasteiger partial charge in [-0.15, -0.1) is 0 Å². The van der Waals surface area contributed by atoms with E-state index in [0.717, 1.165) is 43.7 Å². The standard InChI is InChI=1S/C23H27Cl3N4OS/c1-15(28-23(32)29-19-5-3-18(24)4-6-19)22(31)27-13-16-8-10-30(11-9-16)14-17-2-7-20(25)21(26)12-17/h2-7,12,15-16H,8-11,13-14H2,1H3,(H,27,31)(H2,28,29,32)/t15-/m0/s1. The lowest BCUT2D eigenvalue weighted by Crippen LogP contribution is -2.48. The van der Waals surface area contributed by atoms with Crippen molar-refractivity contribution in [1.29, 1.82) is 0 Å². The third-order valence-corrected chi connectivity index (χ3v) is 6.72. The molecule has 1 atom stereocenters. The Hall–Kier alpha value is -1.57. The first-order valence-corrected chi connectivity index (χ1v) is 12.1. The molecular weight excluding hydrogens is 487 g/mol. The first kappa shape index (κ1) is 25.1. The number of hydrogen-bond donors (Lipinski definition) is 3. The van der Waals surface area contributed by atoms with Crippen LogP contribution in [0.4, 0.5) is 5.69 Å². The van der Waals surface area contributed by atoms with Gasteiger partial charge < -0.3 is 16.0 Å². The number of carbonyl (C=O) groups is 1. The van der Waals surface area contributed by atoms with Crippen molar-refractivity contribution in [1.82, 2.24) is 15.5 Å². The van der Waals surface area contributed by atoms with Gasteiger partial charge in [-0.3, -0.25) is 9.69 Å². The van der Waals surface area contributed by atoms with Crippen LogP contribution in [0.15, 0.2) is 42.5 Å². The van der Waals surface area contributed by atoms with Crippen LogP contribution in [0.1, 0.15) is 25.3 Å². The molecule has 1 heterocycles. The van der Waals surface area contributed by atoms with Gasteiger partial charge in [-0.2, -0.15) is 0 Å². The number of nitrogens with one attached hydrogen (secondary N) is 3. The summed E-state index contributed by atoms with van der Waals surface area (Å²) in [6.07, 6.45) is 2.08. The zero-order chi connectivity index (χ0) is 23.1. The van der Waals surface area contributed by atoms with E-state index in [4.69, 9.17) is 47.0 Å². The molecule has 3 rings (SSSR count). The molecule has 0 saturated carbocycles. The topological polar surface area (TPSA) is 56.4 Å². The molecule has 1 fully saturated rings. The fourth-order valence-corrected chi connectivity index (χ4v) is 4.35. The minimum Gasteiger partial charge on any atom is -0.354 e. The Kier molecular flexibility index (Phi) is 9.44. The molecule has 0 bridgehead atoms. The fourth-order valence-electron chi connectivity index (χ4n) is 3.61. The molecule has 9 heteroatoms. The summed E-state index contributed by atoms with van der Waals surface area (Å²) < 4.78 is 0. The molecule has 1 aliphatic heterocycles. The molecule has 0 aromatic heterocycles. The van der Waals surface area contributed by atoms with Crippen LogP contribution >= 0.6 is 47.0 Å². The fraction of sp³-hybridized carbons (Fsp3) is 0.391. The van der Waals surface area contributed by atoms with Crippen LogP contribution < -0.4 is 16.0 Å². The van der Waals surface area contributed by atoms with E-state index in [-0.39, 0.29) is 5.91 Å². The maximum Gasteiger partial charge on any atom is 0.242 e. The Labute approximate surface area is 209 Å².